The molecule has 11 rings (SSSR count). The van der Waals surface area contributed by atoms with Gasteiger partial charge in [-0.25, -0.2) is 0 Å². The number of nitrogens with zero attached hydrogens (tertiary/aromatic N) is 3. The van der Waals surface area contributed by atoms with Crippen molar-refractivity contribution in [2.75, 3.05) is 4.90 Å². The number of aromatic nitrogens is 2. The lowest BCUT2D eigenvalue weighted by molar-refractivity contribution is 1.17. The molecule has 0 aliphatic carbocycles. The quantitative estimate of drug-likeness (QED) is 0.177. The predicted octanol–water partition coefficient (Wildman–Crippen LogP) is 13.7. The van der Waals surface area contributed by atoms with Gasteiger partial charge < -0.3 is 14.0 Å². The highest BCUT2D eigenvalue weighted by molar-refractivity contribution is 6.19. The van der Waals surface area contributed by atoms with Crippen LogP contribution in [0.15, 0.2) is 200 Å². The van der Waals surface area contributed by atoms with Crippen LogP contribution >= 0.6 is 0 Å². The summed E-state index contributed by atoms with van der Waals surface area (Å²) in [4.78, 5) is 2.37. The Balaban J connectivity index is 1.11. The largest absolute Gasteiger partial charge is 0.310 e. The molecule has 3 nitrogen and oxygen atoms in total. The van der Waals surface area contributed by atoms with Crippen LogP contribution in [0.25, 0.3) is 76.5 Å². The van der Waals surface area contributed by atoms with Crippen LogP contribution in [0.1, 0.15) is 0 Å². The molecule has 2 heterocycles. The molecule has 0 spiro atoms. The van der Waals surface area contributed by atoms with Gasteiger partial charge in [-0.05, 0) is 106 Å². The first kappa shape index (κ1) is 29.6. The summed E-state index contributed by atoms with van der Waals surface area (Å²) in [6.07, 6.45) is 0. The monoisotopic (exact) mass is 675 g/mol. The van der Waals surface area contributed by atoms with Crippen molar-refractivity contribution in [1.82, 2.24) is 9.13 Å². The van der Waals surface area contributed by atoms with Crippen molar-refractivity contribution < 1.29 is 0 Å². The van der Waals surface area contributed by atoms with Gasteiger partial charge in [-0.15, -0.1) is 0 Å². The van der Waals surface area contributed by atoms with E-state index in [4.69, 9.17) is 0 Å². The van der Waals surface area contributed by atoms with Gasteiger partial charge in [0.15, 0.2) is 0 Å². The lowest BCUT2D eigenvalue weighted by Crippen LogP contribution is -2.10. The summed E-state index contributed by atoms with van der Waals surface area (Å²) in [5.74, 6) is 0. The lowest BCUT2D eigenvalue weighted by Gasteiger charge is -2.26. The van der Waals surface area contributed by atoms with E-state index in [1.807, 2.05) is 0 Å². The molecular weight excluding hydrogens is 643 g/mol. The first-order valence-corrected chi connectivity index (χ1v) is 18.2. The van der Waals surface area contributed by atoms with E-state index in [1.165, 1.54) is 70.8 Å². The first-order valence-electron chi connectivity index (χ1n) is 18.2. The Morgan fingerprint density at radius 1 is 0.264 bits per heavy atom. The van der Waals surface area contributed by atoms with E-state index in [0.717, 1.165) is 22.7 Å². The minimum atomic E-state index is 1.11. The maximum atomic E-state index is 2.43. The zero-order valence-electron chi connectivity index (χ0n) is 28.9. The number of rotatable bonds is 5. The van der Waals surface area contributed by atoms with Gasteiger partial charge >= 0.3 is 0 Å². The van der Waals surface area contributed by atoms with Crippen LogP contribution in [0, 0.1) is 0 Å². The number of para-hydroxylation sites is 3. The maximum absolute atomic E-state index is 2.43. The van der Waals surface area contributed by atoms with Gasteiger partial charge in [-0.1, -0.05) is 115 Å². The number of fused-ring (bicyclic) bond motifs is 8. The van der Waals surface area contributed by atoms with Gasteiger partial charge in [0.2, 0.25) is 0 Å². The normalized spacial score (nSPS) is 11.8. The molecule has 248 valence electrons. The third-order valence-electron chi connectivity index (χ3n) is 10.8. The molecule has 9 aromatic carbocycles. The minimum Gasteiger partial charge on any atom is -0.310 e. The van der Waals surface area contributed by atoms with Gasteiger partial charge in [0.05, 0.1) is 22.1 Å². The van der Waals surface area contributed by atoms with E-state index < -0.39 is 0 Å². The molecule has 0 amide bonds. The Labute approximate surface area is 306 Å². The van der Waals surface area contributed by atoms with E-state index in [0.29, 0.717) is 0 Å². The van der Waals surface area contributed by atoms with Gasteiger partial charge in [-0.2, -0.15) is 0 Å². The second-order valence-corrected chi connectivity index (χ2v) is 13.8. The van der Waals surface area contributed by atoms with Crippen molar-refractivity contribution in [3.05, 3.63) is 200 Å². The van der Waals surface area contributed by atoms with E-state index in [-0.39, 0.29) is 0 Å². The second kappa shape index (κ2) is 11.7. The van der Waals surface area contributed by atoms with Crippen LogP contribution in [-0.2, 0) is 0 Å². The van der Waals surface area contributed by atoms with Gasteiger partial charge in [0.25, 0.3) is 0 Å². The van der Waals surface area contributed by atoms with Crippen molar-refractivity contribution >= 4 is 82.2 Å². The van der Waals surface area contributed by atoms with E-state index in [9.17, 15) is 0 Å². The molecule has 53 heavy (non-hydrogen) atoms. The molecule has 0 aliphatic heterocycles. The molecule has 0 N–H and O–H groups in total. The molecule has 0 atom stereocenters. The van der Waals surface area contributed by atoms with Crippen LogP contribution in [0.4, 0.5) is 17.1 Å². The van der Waals surface area contributed by atoms with Gasteiger partial charge in [0, 0.05) is 50.0 Å². The van der Waals surface area contributed by atoms with Crippen LogP contribution < -0.4 is 4.90 Å². The SMILES string of the molecule is c1ccc(-n2c3ccccc3c3cc4c(cc32)c2ccccc2n4-c2ccc(N(c3ccc4ccccc4c3)c3ccc4ccccc4c3)cc2)cc1. The summed E-state index contributed by atoms with van der Waals surface area (Å²) in [7, 11) is 0. The van der Waals surface area contributed by atoms with Gasteiger partial charge in [-0.3, -0.25) is 0 Å². The van der Waals surface area contributed by atoms with Crippen molar-refractivity contribution in [2.24, 2.45) is 0 Å². The molecule has 3 heteroatoms. The highest BCUT2D eigenvalue weighted by atomic mass is 15.1. The topological polar surface area (TPSA) is 13.1 Å². The van der Waals surface area contributed by atoms with Gasteiger partial charge in [0.1, 0.15) is 0 Å². The zero-order valence-corrected chi connectivity index (χ0v) is 28.9. The minimum absolute atomic E-state index is 1.11. The Hall–Kier alpha value is -7.10. The third kappa shape index (κ3) is 4.68. The molecule has 0 saturated carbocycles. The third-order valence-corrected chi connectivity index (χ3v) is 10.8. The molecule has 0 aliphatic rings. The van der Waals surface area contributed by atoms with E-state index in [1.54, 1.807) is 0 Å². The molecule has 0 unspecified atom stereocenters. The Kier molecular flexibility index (Phi) is 6.55. The van der Waals surface area contributed by atoms with Crippen molar-refractivity contribution in [3.8, 4) is 11.4 Å². The number of hydrogen-bond donors (Lipinski definition) is 0. The smallest absolute Gasteiger partial charge is 0.0548 e. The van der Waals surface area contributed by atoms with Crippen LogP contribution in [0.3, 0.4) is 0 Å². The molecule has 0 bridgehead atoms. The average Bonchev–Trinajstić information content (AvgIpc) is 3.72. The Morgan fingerprint density at radius 2 is 0.679 bits per heavy atom. The van der Waals surface area contributed by atoms with Crippen LogP contribution in [0.5, 0.6) is 0 Å². The summed E-state index contributed by atoms with van der Waals surface area (Å²) in [6.45, 7) is 0. The standard InChI is InChI=1S/C50H33N3/c1-2-16-38(17-3-1)52-47-20-10-8-18-43(47)45-33-50-46(32-49(45)52)44-19-9-11-21-48(44)53(50)40-28-26-39(27-29-40)51(41-24-22-34-12-4-6-14-36(34)30-41)42-25-23-35-13-5-7-15-37(35)31-42/h1-33H. The van der Waals surface area contributed by atoms with E-state index >= 15 is 0 Å². The summed E-state index contributed by atoms with van der Waals surface area (Å²) in [6, 6.07) is 72.8. The average molecular weight is 676 g/mol. The number of anilines is 3. The number of benzene rings is 9. The molecule has 0 fully saturated rings. The fourth-order valence-corrected chi connectivity index (χ4v) is 8.39. The summed E-state index contributed by atoms with van der Waals surface area (Å²) in [5, 5.41) is 9.89. The predicted molar refractivity (Wildman–Crippen MR) is 225 cm³/mol. The van der Waals surface area contributed by atoms with E-state index in [2.05, 4.69) is 214 Å². The van der Waals surface area contributed by atoms with Crippen LogP contribution in [-0.4, -0.2) is 9.13 Å². The molecule has 2 aromatic heterocycles. The Bertz CT molecular complexity index is 3090. The lowest BCUT2D eigenvalue weighted by atomic mass is 10.1. The fraction of sp³-hybridized carbons (Fsp3) is 0. The van der Waals surface area contributed by atoms with Crippen molar-refractivity contribution in [2.45, 2.75) is 0 Å². The number of hydrogen-bond acceptors (Lipinski definition) is 1. The molecular formula is C50H33N3. The van der Waals surface area contributed by atoms with Crippen molar-refractivity contribution in [1.29, 1.82) is 0 Å². The van der Waals surface area contributed by atoms with Crippen molar-refractivity contribution in [3.63, 3.8) is 0 Å². The maximum Gasteiger partial charge on any atom is 0.0548 e. The molecule has 0 radical (unpaired) electrons. The zero-order chi connectivity index (χ0) is 34.9. The highest BCUT2D eigenvalue weighted by Crippen LogP contribution is 2.41. The summed E-state index contributed by atoms with van der Waals surface area (Å²) >= 11 is 0. The van der Waals surface area contributed by atoms with Crippen LogP contribution in [0.2, 0.25) is 0 Å². The molecule has 0 saturated heterocycles. The highest BCUT2D eigenvalue weighted by Gasteiger charge is 2.19. The Morgan fingerprint density at radius 3 is 1.21 bits per heavy atom. The fourth-order valence-electron chi connectivity index (χ4n) is 8.39. The summed E-state index contributed by atoms with van der Waals surface area (Å²) in [5.41, 5.74) is 10.5. The molecule has 11 aromatic rings. The second-order valence-electron chi connectivity index (χ2n) is 13.8. The first-order chi connectivity index (χ1) is 26.3. The summed E-state index contributed by atoms with van der Waals surface area (Å²) < 4.78 is 4.83.